The van der Waals surface area contributed by atoms with Crippen molar-refractivity contribution in [3.05, 3.63) is 121 Å². The van der Waals surface area contributed by atoms with Crippen LogP contribution in [0.5, 0.6) is 0 Å². The minimum Gasteiger partial charge on any atom is -0.309 e. The van der Waals surface area contributed by atoms with Gasteiger partial charge in [-0.2, -0.15) is 5.10 Å². The number of hydrogen-bond donors (Lipinski definition) is 1. The highest BCUT2D eigenvalue weighted by Gasteiger charge is 2.22. The summed E-state index contributed by atoms with van der Waals surface area (Å²) < 4.78 is 29.6. The zero-order valence-corrected chi connectivity index (χ0v) is 20.9. The molecule has 4 heterocycles. The van der Waals surface area contributed by atoms with Crippen LogP contribution >= 0.6 is 0 Å². The van der Waals surface area contributed by atoms with E-state index in [1.807, 2.05) is 41.2 Å². The molecule has 2 aromatic carbocycles. The molecule has 0 aliphatic carbocycles. The lowest BCUT2D eigenvalue weighted by Gasteiger charge is -2.16. The SMILES string of the molecule is Fc1ccc(-c2nc3nn(CCNCc4ccccn4)cc3c(-c3ccc(F)cc3)c2-c2ccncc2)cc1. The molecule has 6 aromatic rings. The van der Waals surface area contributed by atoms with Crippen molar-refractivity contribution >= 4 is 11.0 Å². The molecule has 0 fully saturated rings. The maximum atomic E-state index is 13.9. The van der Waals surface area contributed by atoms with E-state index in [1.54, 1.807) is 42.9 Å². The van der Waals surface area contributed by atoms with Crippen LogP contribution < -0.4 is 5.32 Å². The molecule has 0 bridgehead atoms. The Morgan fingerprint density at radius 3 is 2.10 bits per heavy atom. The molecule has 6 nitrogen and oxygen atoms in total. The van der Waals surface area contributed by atoms with Gasteiger partial charge >= 0.3 is 0 Å². The molecule has 4 aromatic heterocycles. The van der Waals surface area contributed by atoms with Crippen LogP contribution in [0.25, 0.3) is 44.5 Å². The Morgan fingerprint density at radius 2 is 1.41 bits per heavy atom. The Morgan fingerprint density at radius 1 is 0.718 bits per heavy atom. The molecule has 192 valence electrons. The topological polar surface area (TPSA) is 68.5 Å². The molecule has 0 aliphatic rings. The maximum absolute atomic E-state index is 13.9. The summed E-state index contributed by atoms with van der Waals surface area (Å²) >= 11 is 0. The number of benzene rings is 2. The van der Waals surface area contributed by atoms with Gasteiger partial charge in [-0.1, -0.05) is 18.2 Å². The van der Waals surface area contributed by atoms with Crippen molar-refractivity contribution in [2.45, 2.75) is 13.1 Å². The number of pyridine rings is 3. The Hall–Kier alpha value is -4.82. The van der Waals surface area contributed by atoms with Gasteiger partial charge in [0.15, 0.2) is 5.65 Å². The molecule has 1 N–H and O–H groups in total. The average molecular weight is 519 g/mol. The van der Waals surface area contributed by atoms with Crippen molar-refractivity contribution in [3.8, 4) is 33.5 Å². The van der Waals surface area contributed by atoms with Crippen LogP contribution in [0, 0.1) is 11.6 Å². The predicted molar refractivity (Wildman–Crippen MR) is 147 cm³/mol. The first kappa shape index (κ1) is 24.5. The lowest BCUT2D eigenvalue weighted by molar-refractivity contribution is 0.554. The number of rotatable bonds is 8. The van der Waals surface area contributed by atoms with Crippen LogP contribution in [-0.4, -0.2) is 31.3 Å². The molecule has 0 unspecified atom stereocenters. The van der Waals surface area contributed by atoms with Gasteiger partial charge in [-0.25, -0.2) is 13.8 Å². The highest BCUT2D eigenvalue weighted by atomic mass is 19.1. The van der Waals surface area contributed by atoms with Crippen LogP contribution in [0.2, 0.25) is 0 Å². The first-order valence-corrected chi connectivity index (χ1v) is 12.6. The van der Waals surface area contributed by atoms with Crippen molar-refractivity contribution in [2.24, 2.45) is 0 Å². The summed E-state index contributed by atoms with van der Waals surface area (Å²) in [7, 11) is 0. The summed E-state index contributed by atoms with van der Waals surface area (Å²) in [6, 6.07) is 22.3. The minimum absolute atomic E-state index is 0.317. The van der Waals surface area contributed by atoms with E-state index in [4.69, 9.17) is 10.1 Å². The summed E-state index contributed by atoms with van der Waals surface area (Å²) in [5, 5.41) is 9.02. The number of halogens is 2. The van der Waals surface area contributed by atoms with E-state index in [-0.39, 0.29) is 11.6 Å². The second kappa shape index (κ2) is 10.9. The maximum Gasteiger partial charge on any atom is 0.182 e. The van der Waals surface area contributed by atoms with E-state index in [0.717, 1.165) is 38.9 Å². The quantitative estimate of drug-likeness (QED) is 0.240. The number of nitrogens with one attached hydrogen (secondary N) is 1. The van der Waals surface area contributed by atoms with Gasteiger partial charge in [0.2, 0.25) is 0 Å². The third-order valence-corrected chi connectivity index (χ3v) is 6.49. The average Bonchev–Trinajstić information content (AvgIpc) is 3.39. The zero-order valence-electron chi connectivity index (χ0n) is 20.9. The van der Waals surface area contributed by atoms with Gasteiger partial charge < -0.3 is 5.32 Å². The summed E-state index contributed by atoms with van der Waals surface area (Å²) in [5.41, 5.74) is 6.36. The highest BCUT2D eigenvalue weighted by molar-refractivity contribution is 6.05. The normalized spacial score (nSPS) is 11.2. The molecular formula is C31H24F2N6. The Bertz CT molecular complexity index is 1700. The lowest BCUT2D eigenvalue weighted by atomic mass is 9.90. The van der Waals surface area contributed by atoms with E-state index in [9.17, 15) is 8.78 Å². The van der Waals surface area contributed by atoms with E-state index < -0.39 is 0 Å². The van der Waals surface area contributed by atoms with Crippen molar-refractivity contribution in [3.63, 3.8) is 0 Å². The zero-order chi connectivity index (χ0) is 26.6. The van der Waals surface area contributed by atoms with E-state index in [2.05, 4.69) is 15.3 Å². The van der Waals surface area contributed by atoms with Crippen LogP contribution in [0.1, 0.15) is 5.69 Å². The molecule has 39 heavy (non-hydrogen) atoms. The summed E-state index contributed by atoms with van der Waals surface area (Å²) in [6.07, 6.45) is 7.19. The molecule has 0 spiro atoms. The first-order valence-electron chi connectivity index (χ1n) is 12.6. The third-order valence-electron chi connectivity index (χ3n) is 6.49. The van der Waals surface area contributed by atoms with Gasteiger partial charge in [-0.15, -0.1) is 0 Å². The molecule has 0 saturated carbocycles. The number of aromatic nitrogens is 5. The van der Waals surface area contributed by atoms with Crippen molar-refractivity contribution in [2.75, 3.05) is 6.54 Å². The van der Waals surface area contributed by atoms with Gasteiger partial charge in [0.05, 0.1) is 17.9 Å². The van der Waals surface area contributed by atoms with E-state index in [1.165, 1.54) is 24.3 Å². The monoisotopic (exact) mass is 518 g/mol. The second-order valence-electron chi connectivity index (χ2n) is 9.09. The van der Waals surface area contributed by atoms with Gasteiger partial charge in [0.25, 0.3) is 0 Å². The van der Waals surface area contributed by atoms with Crippen LogP contribution in [0.15, 0.2) is 104 Å². The Labute approximate surface area is 224 Å². The molecule has 0 saturated heterocycles. The van der Waals surface area contributed by atoms with Crippen LogP contribution in [0.3, 0.4) is 0 Å². The number of nitrogens with zero attached hydrogens (tertiary/aromatic N) is 5. The summed E-state index contributed by atoms with van der Waals surface area (Å²) in [5.74, 6) is -0.644. The molecule has 0 atom stereocenters. The van der Waals surface area contributed by atoms with Gasteiger partial charge in [-0.3, -0.25) is 14.6 Å². The molecule has 8 heteroatoms. The van der Waals surface area contributed by atoms with Gasteiger partial charge in [0, 0.05) is 60.0 Å². The molecule has 0 aliphatic heterocycles. The van der Waals surface area contributed by atoms with Gasteiger partial charge in [0.1, 0.15) is 11.6 Å². The Kier molecular flexibility index (Phi) is 6.84. The van der Waals surface area contributed by atoms with Crippen molar-refractivity contribution in [1.82, 2.24) is 30.0 Å². The predicted octanol–water partition coefficient (Wildman–Crippen LogP) is 6.29. The fraction of sp³-hybridized carbons (Fsp3) is 0.0968. The largest absolute Gasteiger partial charge is 0.309 e. The molecule has 6 rings (SSSR count). The molecule has 0 amide bonds. The van der Waals surface area contributed by atoms with E-state index >= 15 is 0 Å². The fourth-order valence-electron chi connectivity index (χ4n) is 4.64. The summed E-state index contributed by atoms with van der Waals surface area (Å²) in [4.78, 5) is 13.5. The summed E-state index contributed by atoms with van der Waals surface area (Å²) in [6.45, 7) is 1.95. The van der Waals surface area contributed by atoms with Crippen LogP contribution in [0.4, 0.5) is 8.78 Å². The van der Waals surface area contributed by atoms with Crippen LogP contribution in [-0.2, 0) is 13.1 Å². The Balaban J connectivity index is 1.48. The highest BCUT2D eigenvalue weighted by Crippen LogP contribution is 2.42. The van der Waals surface area contributed by atoms with E-state index in [0.29, 0.717) is 31.0 Å². The lowest BCUT2D eigenvalue weighted by Crippen LogP contribution is -2.20. The molecular weight excluding hydrogens is 494 g/mol. The second-order valence-corrected chi connectivity index (χ2v) is 9.09. The van der Waals surface area contributed by atoms with Crippen molar-refractivity contribution in [1.29, 1.82) is 0 Å². The van der Waals surface area contributed by atoms with Crippen molar-refractivity contribution < 1.29 is 8.78 Å². The van der Waals surface area contributed by atoms with Gasteiger partial charge in [-0.05, 0) is 71.8 Å². The standard InChI is InChI=1S/C31H24F2N6/c32-24-8-4-21(5-9-24)28-27-20-39(18-17-35-19-26-3-1-2-14-36-26)38-31(27)37-30(23-6-10-25(33)11-7-23)29(28)22-12-15-34-16-13-22/h1-16,20,35H,17-19H2. The smallest absolute Gasteiger partial charge is 0.182 e. The number of hydrogen-bond acceptors (Lipinski definition) is 5. The third kappa shape index (κ3) is 5.28. The fourth-order valence-corrected chi connectivity index (χ4v) is 4.64. The molecule has 0 radical (unpaired) electrons. The number of fused-ring (bicyclic) bond motifs is 1. The first-order chi connectivity index (χ1) is 19.2. The minimum atomic E-state index is -0.327.